The highest BCUT2D eigenvalue weighted by atomic mass is 32.1. The van der Waals surface area contributed by atoms with E-state index in [9.17, 15) is 4.79 Å². The molecular weight excluding hydrogens is 284 g/mol. The van der Waals surface area contributed by atoms with Gasteiger partial charge >= 0.3 is 0 Å². The highest BCUT2D eigenvalue weighted by Crippen LogP contribution is 2.17. The molecule has 1 aliphatic rings. The number of hydrogen-bond donors (Lipinski definition) is 2. The predicted molar refractivity (Wildman–Crippen MR) is 85.5 cm³/mol. The maximum Gasteiger partial charge on any atom is 0.252 e. The van der Waals surface area contributed by atoms with Crippen molar-refractivity contribution in [3.05, 3.63) is 21.9 Å². The molecule has 0 bridgehead atoms. The molecule has 1 aliphatic heterocycles. The Labute approximate surface area is 130 Å². The minimum atomic E-state index is -0.0109. The number of aliphatic hydroxyl groups is 1. The van der Waals surface area contributed by atoms with Crippen LogP contribution in [0.25, 0.3) is 0 Å². The molecule has 5 heteroatoms. The summed E-state index contributed by atoms with van der Waals surface area (Å²) in [6, 6.07) is 2.59. The summed E-state index contributed by atoms with van der Waals surface area (Å²) in [6.07, 6.45) is 2.46. The maximum atomic E-state index is 12.2. The van der Waals surface area contributed by atoms with Gasteiger partial charge in [-0.2, -0.15) is 0 Å². The van der Waals surface area contributed by atoms with Gasteiger partial charge in [-0.15, -0.1) is 11.3 Å². The molecule has 114 valence electrons. The summed E-state index contributed by atoms with van der Waals surface area (Å²) >= 11 is 1.47. The second-order valence-electron chi connectivity index (χ2n) is 5.50. The summed E-state index contributed by atoms with van der Waals surface area (Å²) in [7, 11) is 2.12. The molecule has 1 aromatic rings. The van der Waals surface area contributed by atoms with Crippen molar-refractivity contribution in [3.63, 3.8) is 0 Å². The van der Waals surface area contributed by atoms with Crippen LogP contribution in [0.2, 0.25) is 0 Å². The van der Waals surface area contributed by atoms with Gasteiger partial charge in [0.2, 0.25) is 0 Å². The first kappa shape index (κ1) is 16.0. The second kappa shape index (κ2) is 7.60. The lowest BCUT2D eigenvalue weighted by Gasteiger charge is -2.35. The van der Waals surface area contributed by atoms with Gasteiger partial charge < -0.3 is 15.3 Å². The molecule has 0 aromatic carbocycles. The first-order valence-corrected chi connectivity index (χ1v) is 8.17. The standard InChI is InChI=1S/C16H22N2O2S/c1-12-9-14(6-7-18(12)2)17-16(20)13-10-15(21-11-13)5-3-4-8-19/h10-12,14,19H,4,6-9H2,1-2H3,(H,17,20). The van der Waals surface area contributed by atoms with Crippen molar-refractivity contribution in [2.75, 3.05) is 20.2 Å². The quantitative estimate of drug-likeness (QED) is 0.836. The van der Waals surface area contributed by atoms with Crippen LogP contribution < -0.4 is 5.32 Å². The van der Waals surface area contributed by atoms with Gasteiger partial charge in [-0.25, -0.2) is 0 Å². The molecular formula is C16H22N2O2S. The number of rotatable bonds is 3. The Balaban J connectivity index is 1.91. The van der Waals surface area contributed by atoms with Gasteiger partial charge in [0, 0.05) is 30.4 Å². The zero-order valence-electron chi connectivity index (χ0n) is 12.6. The highest BCUT2D eigenvalue weighted by molar-refractivity contribution is 7.10. The molecule has 2 heterocycles. The van der Waals surface area contributed by atoms with E-state index in [1.807, 2.05) is 11.4 Å². The minimum absolute atomic E-state index is 0.0109. The average Bonchev–Trinajstić information content (AvgIpc) is 2.92. The van der Waals surface area contributed by atoms with Gasteiger partial charge in [0.05, 0.1) is 17.0 Å². The largest absolute Gasteiger partial charge is 0.395 e. The number of thiophene rings is 1. The molecule has 1 aromatic heterocycles. The number of nitrogens with zero attached hydrogens (tertiary/aromatic N) is 1. The van der Waals surface area contributed by atoms with E-state index in [-0.39, 0.29) is 18.6 Å². The van der Waals surface area contributed by atoms with Crippen LogP contribution in [0.3, 0.4) is 0 Å². The van der Waals surface area contributed by atoms with E-state index in [0.29, 0.717) is 18.0 Å². The first-order chi connectivity index (χ1) is 10.1. The van der Waals surface area contributed by atoms with E-state index in [4.69, 9.17) is 5.11 Å². The fourth-order valence-electron chi connectivity index (χ4n) is 2.42. The lowest BCUT2D eigenvalue weighted by Crippen LogP contribution is -2.47. The lowest BCUT2D eigenvalue weighted by molar-refractivity contribution is 0.0897. The topological polar surface area (TPSA) is 52.6 Å². The number of piperidine rings is 1. The highest BCUT2D eigenvalue weighted by Gasteiger charge is 2.24. The Morgan fingerprint density at radius 1 is 1.62 bits per heavy atom. The summed E-state index contributed by atoms with van der Waals surface area (Å²) in [5, 5.41) is 13.7. The number of carbonyl (C=O) groups excluding carboxylic acids is 1. The van der Waals surface area contributed by atoms with E-state index >= 15 is 0 Å². The molecule has 0 aliphatic carbocycles. The molecule has 2 atom stereocenters. The molecule has 0 spiro atoms. The number of aliphatic hydroxyl groups excluding tert-OH is 1. The van der Waals surface area contributed by atoms with Gasteiger partial charge in [-0.3, -0.25) is 4.79 Å². The fraction of sp³-hybridized carbons (Fsp3) is 0.562. The van der Waals surface area contributed by atoms with Crippen molar-refractivity contribution in [1.82, 2.24) is 10.2 Å². The van der Waals surface area contributed by atoms with E-state index in [2.05, 4.69) is 36.0 Å². The number of likely N-dealkylation sites (tertiary alicyclic amines) is 1. The van der Waals surface area contributed by atoms with Crippen LogP contribution >= 0.6 is 11.3 Å². The lowest BCUT2D eigenvalue weighted by atomic mass is 9.99. The number of nitrogens with one attached hydrogen (secondary N) is 1. The number of hydrogen-bond acceptors (Lipinski definition) is 4. The van der Waals surface area contributed by atoms with Crippen LogP contribution in [-0.2, 0) is 0 Å². The normalized spacial score (nSPS) is 22.4. The molecule has 4 nitrogen and oxygen atoms in total. The summed E-state index contributed by atoms with van der Waals surface area (Å²) in [5.74, 6) is 5.82. The van der Waals surface area contributed by atoms with E-state index in [1.54, 1.807) is 0 Å². The average molecular weight is 306 g/mol. The third-order valence-corrected chi connectivity index (χ3v) is 4.70. The molecule has 0 saturated carbocycles. The molecule has 0 radical (unpaired) electrons. The van der Waals surface area contributed by atoms with Crippen LogP contribution in [0.4, 0.5) is 0 Å². The van der Waals surface area contributed by atoms with Gasteiger partial charge in [0.25, 0.3) is 5.91 Å². The smallest absolute Gasteiger partial charge is 0.252 e. The Hall–Kier alpha value is -1.35. The van der Waals surface area contributed by atoms with Crippen molar-refractivity contribution < 1.29 is 9.90 Å². The Morgan fingerprint density at radius 2 is 2.43 bits per heavy atom. The monoisotopic (exact) mass is 306 g/mol. The fourth-order valence-corrected chi connectivity index (χ4v) is 3.17. The van der Waals surface area contributed by atoms with Crippen LogP contribution in [0.5, 0.6) is 0 Å². The maximum absolute atomic E-state index is 12.2. The zero-order valence-corrected chi connectivity index (χ0v) is 13.4. The van der Waals surface area contributed by atoms with Crippen LogP contribution in [0, 0.1) is 11.8 Å². The third-order valence-electron chi connectivity index (χ3n) is 3.85. The summed E-state index contributed by atoms with van der Waals surface area (Å²) in [4.78, 5) is 15.4. The molecule has 2 unspecified atom stereocenters. The van der Waals surface area contributed by atoms with Gasteiger partial charge in [-0.1, -0.05) is 11.8 Å². The van der Waals surface area contributed by atoms with Crippen LogP contribution in [0.15, 0.2) is 11.4 Å². The van der Waals surface area contributed by atoms with Crippen molar-refractivity contribution in [1.29, 1.82) is 0 Å². The van der Waals surface area contributed by atoms with Gasteiger partial charge in [0.1, 0.15) is 0 Å². The van der Waals surface area contributed by atoms with Crippen molar-refractivity contribution in [3.8, 4) is 11.8 Å². The Bertz CT molecular complexity index is 544. The van der Waals surface area contributed by atoms with E-state index < -0.39 is 0 Å². The van der Waals surface area contributed by atoms with Crippen LogP contribution in [-0.4, -0.2) is 48.2 Å². The third kappa shape index (κ3) is 4.57. The van der Waals surface area contributed by atoms with E-state index in [0.717, 1.165) is 24.3 Å². The molecule has 2 rings (SSSR count). The minimum Gasteiger partial charge on any atom is -0.395 e. The molecule has 1 amide bonds. The van der Waals surface area contributed by atoms with Gasteiger partial charge in [0.15, 0.2) is 0 Å². The summed E-state index contributed by atoms with van der Waals surface area (Å²) in [5.41, 5.74) is 0.680. The Kier molecular flexibility index (Phi) is 5.80. The molecule has 1 saturated heterocycles. The van der Waals surface area contributed by atoms with Crippen molar-refractivity contribution in [2.24, 2.45) is 0 Å². The number of carbonyl (C=O) groups is 1. The molecule has 21 heavy (non-hydrogen) atoms. The Morgan fingerprint density at radius 3 is 3.14 bits per heavy atom. The molecule has 1 fully saturated rings. The van der Waals surface area contributed by atoms with Crippen LogP contribution in [0.1, 0.15) is 41.4 Å². The van der Waals surface area contributed by atoms with Crippen molar-refractivity contribution >= 4 is 17.2 Å². The SMILES string of the molecule is CC1CC(NC(=O)c2csc(C#CCCO)c2)CCN1C. The van der Waals surface area contributed by atoms with E-state index in [1.165, 1.54) is 11.3 Å². The summed E-state index contributed by atoms with van der Waals surface area (Å²) < 4.78 is 0. The van der Waals surface area contributed by atoms with Crippen molar-refractivity contribution in [2.45, 2.75) is 38.3 Å². The predicted octanol–water partition coefficient (Wildman–Crippen LogP) is 1.69. The summed E-state index contributed by atoms with van der Waals surface area (Å²) in [6.45, 7) is 3.28. The first-order valence-electron chi connectivity index (χ1n) is 7.29. The molecule has 2 N–H and O–H groups in total. The zero-order chi connectivity index (χ0) is 15.2. The number of amides is 1. The second-order valence-corrected chi connectivity index (χ2v) is 6.41. The van der Waals surface area contributed by atoms with Gasteiger partial charge in [-0.05, 0) is 32.9 Å².